The number of hydrogen-bond donors (Lipinski definition) is 3. The smallest absolute Gasteiger partial charge is 0.329 e. The number of aliphatic hydroxyl groups excluding tert-OH is 2. The highest BCUT2D eigenvalue weighted by molar-refractivity contribution is 8.03. The first-order chi connectivity index (χ1) is 31.3. The van der Waals surface area contributed by atoms with Crippen molar-refractivity contribution in [3.8, 4) is 0 Å². The van der Waals surface area contributed by atoms with Crippen molar-refractivity contribution in [1.29, 1.82) is 0 Å². The molecule has 3 fully saturated rings. The highest BCUT2D eigenvalue weighted by Crippen LogP contribution is 2.38. The Morgan fingerprint density at radius 2 is 1.67 bits per heavy atom. The third-order valence-electron chi connectivity index (χ3n) is 14.1. The van der Waals surface area contributed by atoms with E-state index in [1.165, 1.54) is 23.8 Å². The first-order valence-electron chi connectivity index (χ1n) is 24.2. The van der Waals surface area contributed by atoms with E-state index in [9.17, 15) is 39.3 Å². The van der Waals surface area contributed by atoms with Crippen molar-refractivity contribution < 1.29 is 63.0 Å². The van der Waals surface area contributed by atoms with Gasteiger partial charge in [-0.25, -0.2) is 4.79 Å². The van der Waals surface area contributed by atoms with E-state index in [-0.39, 0.29) is 74.1 Å². The molecule has 66 heavy (non-hydrogen) atoms. The Bertz CT molecular complexity index is 1760. The van der Waals surface area contributed by atoms with E-state index in [0.717, 1.165) is 11.3 Å². The van der Waals surface area contributed by atoms with Gasteiger partial charge in [0, 0.05) is 50.7 Å². The monoisotopic (exact) mass is 946 g/mol. The highest BCUT2D eigenvalue weighted by atomic mass is 32.2. The number of allylic oxidation sites excluding steroid dienone is 7. The number of ether oxygens (including phenoxy) is 5. The molecule has 1 saturated carbocycles. The van der Waals surface area contributed by atoms with Gasteiger partial charge in [0.1, 0.15) is 30.1 Å². The number of rotatable bonds is 8. The van der Waals surface area contributed by atoms with Gasteiger partial charge < -0.3 is 43.9 Å². The summed E-state index contributed by atoms with van der Waals surface area (Å²) in [6.45, 7) is 13.0. The summed E-state index contributed by atoms with van der Waals surface area (Å²) in [4.78, 5) is 72.8. The SMILES string of the molecule is CO[C@@H]1C[C@H](C[C@@H](C)[C@@H]2CC(=O)[C@H](C)/C=C(\C)[C@@H](O)[C@@H](OC)C(=O)[C@H](C)C[C@H](C)/C=C/C=C/C=C(\C)SC[C@@H]3CC[C@@H](C)[C@@](O)(O3)C(=O)C(=O)N3CCCC[C@H]3C(=O)O2)CC[C@H]1OCCO. The van der Waals surface area contributed by atoms with Crippen molar-refractivity contribution in [3.05, 3.63) is 46.9 Å². The van der Waals surface area contributed by atoms with Gasteiger partial charge >= 0.3 is 5.97 Å². The normalized spacial score (nSPS) is 38.8. The van der Waals surface area contributed by atoms with Crippen LogP contribution in [0.4, 0.5) is 0 Å². The first kappa shape index (κ1) is 55.6. The van der Waals surface area contributed by atoms with E-state index in [1.54, 1.807) is 34.0 Å². The van der Waals surface area contributed by atoms with Crippen LogP contribution in [0, 0.1) is 35.5 Å². The summed E-state index contributed by atoms with van der Waals surface area (Å²) in [6.07, 6.45) is 12.6. The van der Waals surface area contributed by atoms with E-state index in [2.05, 4.69) is 0 Å². The minimum atomic E-state index is -2.38. The van der Waals surface area contributed by atoms with Crippen LogP contribution in [-0.4, -0.2) is 138 Å². The number of piperidine rings is 1. The standard InChI is InChI=1S/C51H79NO13S/c1-31-15-11-10-12-16-37(7)66-30-39-20-18-36(6)51(60,65-39)48(57)49(58)52-22-14-13-17-40(52)50(59)64-43(33(3)27-38-19-21-42(63-24-23-53)44(28-38)61-8)29-41(54)32(2)26-35(5)46(56)47(62-9)45(55)34(4)25-31/h10-12,15-16,26,31-34,36,38-40,42-44,46-47,53,56,60H,13-14,17-25,27-30H2,1-9H3/b12-10+,15-11+,35-26+,37-16+/t31-,32-,33-,34-,36-,38+,39+,40+,42-,43+,44-,46-,47+,51-/m1/s1. The Morgan fingerprint density at radius 3 is 2.36 bits per heavy atom. The highest BCUT2D eigenvalue weighted by Gasteiger charge is 2.53. The Morgan fingerprint density at radius 1 is 0.924 bits per heavy atom. The summed E-state index contributed by atoms with van der Waals surface area (Å²) in [6, 6.07) is -1.12. The quantitative estimate of drug-likeness (QED) is 0.136. The van der Waals surface area contributed by atoms with E-state index in [1.807, 2.05) is 58.1 Å². The van der Waals surface area contributed by atoms with Crippen molar-refractivity contribution >= 4 is 41.0 Å². The maximum atomic E-state index is 14.4. The Balaban J connectivity index is 1.67. The lowest BCUT2D eigenvalue weighted by Gasteiger charge is -2.42. The lowest BCUT2D eigenvalue weighted by Crippen LogP contribution is -2.61. The summed E-state index contributed by atoms with van der Waals surface area (Å²) in [5, 5.41) is 32.6. The van der Waals surface area contributed by atoms with Gasteiger partial charge in [-0.3, -0.25) is 19.2 Å². The number of ketones is 3. The molecule has 0 spiro atoms. The Labute approximate surface area is 397 Å². The fourth-order valence-corrected chi connectivity index (χ4v) is 10.7. The van der Waals surface area contributed by atoms with Gasteiger partial charge in [0.15, 0.2) is 5.78 Å². The lowest BCUT2D eigenvalue weighted by atomic mass is 9.78. The predicted molar refractivity (Wildman–Crippen MR) is 253 cm³/mol. The maximum absolute atomic E-state index is 14.4. The molecule has 1 aliphatic carbocycles. The fourth-order valence-electron chi connectivity index (χ4n) is 9.89. The van der Waals surface area contributed by atoms with Crippen LogP contribution in [0.25, 0.3) is 0 Å². The number of esters is 1. The number of carbonyl (C=O) groups is 5. The second-order valence-electron chi connectivity index (χ2n) is 19.4. The Hall–Kier alpha value is -3.02. The molecule has 2 saturated heterocycles. The molecule has 15 heteroatoms. The number of amides is 1. The van der Waals surface area contributed by atoms with Gasteiger partial charge in [-0.1, -0.05) is 71.1 Å². The van der Waals surface area contributed by atoms with Crippen LogP contribution in [0.15, 0.2) is 46.9 Å². The molecule has 0 aromatic rings. The number of thioether (sulfide) groups is 1. The third-order valence-corrected chi connectivity index (χ3v) is 15.2. The number of aliphatic hydroxyl groups is 3. The van der Waals surface area contributed by atoms with E-state index in [4.69, 9.17) is 23.7 Å². The average Bonchev–Trinajstić information content (AvgIpc) is 3.30. The Kier molecular flexibility index (Phi) is 22.4. The maximum Gasteiger partial charge on any atom is 0.329 e. The van der Waals surface area contributed by atoms with Crippen LogP contribution in [0.1, 0.15) is 119 Å². The molecule has 4 rings (SSSR count). The predicted octanol–water partition coefficient (Wildman–Crippen LogP) is 6.48. The van der Waals surface area contributed by atoms with Crippen LogP contribution in [0.5, 0.6) is 0 Å². The van der Waals surface area contributed by atoms with Crippen molar-refractivity contribution in [3.63, 3.8) is 0 Å². The zero-order valence-corrected chi connectivity index (χ0v) is 41.7. The summed E-state index contributed by atoms with van der Waals surface area (Å²) in [5.74, 6) is -7.27. The lowest BCUT2D eigenvalue weighted by molar-refractivity contribution is -0.258. The number of carbonyl (C=O) groups excluding carboxylic acids is 5. The minimum Gasteiger partial charge on any atom is -0.460 e. The van der Waals surface area contributed by atoms with Gasteiger partial charge in [0.25, 0.3) is 11.7 Å². The molecule has 3 heterocycles. The summed E-state index contributed by atoms with van der Waals surface area (Å²) < 4.78 is 29.6. The molecule has 372 valence electrons. The van der Waals surface area contributed by atoms with E-state index >= 15 is 0 Å². The number of nitrogens with zero attached hydrogens (tertiary/aromatic N) is 1. The van der Waals surface area contributed by atoms with Crippen molar-refractivity contribution in [1.82, 2.24) is 4.90 Å². The van der Waals surface area contributed by atoms with E-state index in [0.29, 0.717) is 62.7 Å². The molecule has 0 aromatic heterocycles. The zero-order valence-electron chi connectivity index (χ0n) is 40.9. The first-order valence-corrected chi connectivity index (χ1v) is 25.1. The second-order valence-corrected chi connectivity index (χ2v) is 20.6. The molecule has 1 amide bonds. The molecule has 0 unspecified atom stereocenters. The third kappa shape index (κ3) is 15.2. The molecule has 0 aromatic carbocycles. The number of fused-ring (bicyclic) bond motifs is 3. The molecule has 3 aliphatic heterocycles. The molecule has 2 bridgehead atoms. The molecule has 14 nitrogen and oxygen atoms in total. The van der Waals surface area contributed by atoms with Crippen molar-refractivity contribution in [2.24, 2.45) is 35.5 Å². The molecular formula is C51H79NO13S. The fraction of sp³-hybridized carbons (Fsp3) is 0.745. The van der Waals surface area contributed by atoms with Gasteiger partial charge in [-0.2, -0.15) is 0 Å². The molecular weight excluding hydrogens is 867 g/mol. The molecule has 4 aliphatic rings. The van der Waals surface area contributed by atoms with E-state index < -0.39 is 71.7 Å². The van der Waals surface area contributed by atoms with Crippen molar-refractivity contribution in [2.75, 3.05) is 39.7 Å². The van der Waals surface area contributed by atoms with Gasteiger partial charge in [-0.15, -0.1) is 11.8 Å². The zero-order chi connectivity index (χ0) is 48.7. The van der Waals surface area contributed by atoms with Crippen LogP contribution in [-0.2, 0) is 47.7 Å². The molecule has 3 N–H and O–H groups in total. The molecule has 14 atom stereocenters. The molecule has 0 radical (unpaired) electrons. The largest absolute Gasteiger partial charge is 0.460 e. The van der Waals surface area contributed by atoms with Crippen LogP contribution < -0.4 is 0 Å². The van der Waals surface area contributed by atoms with Gasteiger partial charge in [0.05, 0.1) is 31.5 Å². The summed E-state index contributed by atoms with van der Waals surface area (Å²) in [5.41, 5.74) is 0.393. The van der Waals surface area contributed by atoms with Crippen LogP contribution >= 0.6 is 11.8 Å². The summed E-state index contributed by atoms with van der Waals surface area (Å²) >= 11 is 1.52. The number of cyclic esters (lactones) is 1. The minimum absolute atomic E-state index is 0.0414. The number of Topliss-reactive ketones (excluding diaryl/α,β-unsaturated/α-hetero) is 3. The number of methoxy groups -OCH3 is 2. The average molecular weight is 946 g/mol. The number of hydrogen-bond acceptors (Lipinski definition) is 14. The van der Waals surface area contributed by atoms with Gasteiger partial charge in [-0.05, 0) is 106 Å². The summed E-state index contributed by atoms with van der Waals surface area (Å²) in [7, 11) is 3.01. The van der Waals surface area contributed by atoms with Crippen LogP contribution in [0.2, 0.25) is 0 Å². The topological polar surface area (TPSA) is 195 Å². The van der Waals surface area contributed by atoms with Crippen LogP contribution in [0.3, 0.4) is 0 Å². The van der Waals surface area contributed by atoms with Crippen molar-refractivity contribution in [2.45, 2.75) is 168 Å². The van der Waals surface area contributed by atoms with Gasteiger partial charge in [0.2, 0.25) is 5.79 Å². The second kappa shape index (κ2) is 26.7.